The highest BCUT2D eigenvalue weighted by atomic mass is 19.1. The van der Waals surface area contributed by atoms with Gasteiger partial charge in [-0.25, -0.2) is 4.39 Å². The molecule has 0 N–H and O–H groups in total. The molecule has 2 rings (SSSR count). The lowest BCUT2D eigenvalue weighted by Gasteiger charge is -2.22. The summed E-state index contributed by atoms with van der Waals surface area (Å²) in [6, 6.07) is 13.4. The Kier molecular flexibility index (Phi) is 8.16. The molecule has 0 radical (unpaired) electrons. The second kappa shape index (κ2) is 10.8. The Hall–Kier alpha value is -3.40. The highest BCUT2D eigenvalue weighted by Crippen LogP contribution is 2.20. The molecule has 2 aromatic rings. The maximum Gasteiger partial charge on any atom is 0.309 e. The minimum Gasteiger partial charge on any atom is -0.493 e. The lowest BCUT2D eigenvalue weighted by Crippen LogP contribution is -2.36. The number of hydrogen-bond acceptors (Lipinski definition) is 5. The van der Waals surface area contributed by atoms with E-state index in [0.29, 0.717) is 5.75 Å². The van der Waals surface area contributed by atoms with Crippen molar-refractivity contribution in [2.75, 3.05) is 24.7 Å². The number of benzene rings is 2. The largest absolute Gasteiger partial charge is 0.493 e. The number of nitriles is 1. The minimum atomic E-state index is -0.603. The molecule has 0 spiro atoms. The number of esters is 1. The molecule has 0 atom stereocenters. The van der Waals surface area contributed by atoms with Gasteiger partial charge in [0.2, 0.25) is 0 Å². The van der Waals surface area contributed by atoms with Crippen molar-refractivity contribution in [1.29, 1.82) is 5.26 Å². The van der Waals surface area contributed by atoms with Crippen LogP contribution in [0.15, 0.2) is 42.5 Å². The molecule has 6 nitrogen and oxygen atoms in total. The summed E-state index contributed by atoms with van der Waals surface area (Å²) >= 11 is 0. The van der Waals surface area contributed by atoms with Crippen molar-refractivity contribution in [2.45, 2.75) is 26.7 Å². The average molecular weight is 398 g/mol. The van der Waals surface area contributed by atoms with Crippen molar-refractivity contribution in [1.82, 2.24) is 0 Å². The zero-order valence-corrected chi connectivity index (χ0v) is 16.5. The monoisotopic (exact) mass is 398 g/mol. The second-order valence-electron chi connectivity index (χ2n) is 6.43. The summed E-state index contributed by atoms with van der Waals surface area (Å²) < 4.78 is 24.6. The van der Waals surface area contributed by atoms with Crippen LogP contribution >= 0.6 is 0 Å². The van der Waals surface area contributed by atoms with E-state index < -0.39 is 24.3 Å². The Bertz CT molecular complexity index is 908. The number of halogens is 1. The topological polar surface area (TPSA) is 79.6 Å². The number of rotatable bonds is 9. The van der Waals surface area contributed by atoms with Gasteiger partial charge in [-0.3, -0.25) is 9.59 Å². The number of carbonyl (C=O) groups is 2. The summed E-state index contributed by atoms with van der Waals surface area (Å²) in [5.41, 5.74) is 2.05. The van der Waals surface area contributed by atoms with Gasteiger partial charge >= 0.3 is 5.97 Å². The number of anilines is 1. The molecule has 0 saturated carbocycles. The predicted molar refractivity (Wildman–Crippen MR) is 106 cm³/mol. The Morgan fingerprint density at radius 2 is 1.93 bits per heavy atom. The fourth-order valence-corrected chi connectivity index (χ4v) is 2.61. The lowest BCUT2D eigenvalue weighted by molar-refractivity contribution is -0.148. The number of amides is 1. The lowest BCUT2D eigenvalue weighted by atomic mass is 10.1. The van der Waals surface area contributed by atoms with Gasteiger partial charge in [-0.05, 0) is 43.2 Å². The SMILES string of the molecule is Cc1ccc(C)c(OCCC(=O)OCC(=O)N(CCC#N)c2ccccc2F)c1. The van der Waals surface area contributed by atoms with E-state index in [1.807, 2.05) is 38.1 Å². The van der Waals surface area contributed by atoms with Crippen LogP contribution < -0.4 is 9.64 Å². The molecule has 152 valence electrons. The number of para-hydroxylation sites is 1. The summed E-state index contributed by atoms with van der Waals surface area (Å²) in [4.78, 5) is 25.5. The number of aryl methyl sites for hydroxylation is 2. The minimum absolute atomic E-state index is 0.00354. The highest BCUT2D eigenvalue weighted by molar-refractivity contribution is 5.95. The number of nitrogens with zero attached hydrogens (tertiary/aromatic N) is 2. The zero-order valence-electron chi connectivity index (χ0n) is 16.5. The van der Waals surface area contributed by atoms with E-state index >= 15 is 0 Å². The summed E-state index contributed by atoms with van der Waals surface area (Å²) in [7, 11) is 0. The molecule has 0 heterocycles. The van der Waals surface area contributed by atoms with Crippen molar-refractivity contribution in [3.8, 4) is 11.8 Å². The molecule has 2 aromatic carbocycles. The van der Waals surface area contributed by atoms with Crippen molar-refractivity contribution in [2.24, 2.45) is 0 Å². The molecule has 0 saturated heterocycles. The first-order valence-electron chi connectivity index (χ1n) is 9.20. The maximum absolute atomic E-state index is 14.0. The van der Waals surface area contributed by atoms with Crippen LogP contribution in [0.2, 0.25) is 0 Å². The van der Waals surface area contributed by atoms with E-state index in [2.05, 4.69) is 0 Å². The van der Waals surface area contributed by atoms with Crippen molar-refractivity contribution >= 4 is 17.6 Å². The van der Waals surface area contributed by atoms with E-state index in [1.165, 1.54) is 18.2 Å². The first-order valence-corrected chi connectivity index (χ1v) is 9.20. The average Bonchev–Trinajstić information content (AvgIpc) is 2.70. The van der Waals surface area contributed by atoms with Gasteiger partial charge < -0.3 is 14.4 Å². The fraction of sp³-hybridized carbons (Fsp3) is 0.318. The van der Waals surface area contributed by atoms with Crippen molar-refractivity contribution in [3.63, 3.8) is 0 Å². The molecule has 0 aliphatic rings. The van der Waals surface area contributed by atoms with E-state index in [-0.39, 0.29) is 31.7 Å². The second-order valence-corrected chi connectivity index (χ2v) is 6.43. The molecule has 0 bridgehead atoms. The molecule has 29 heavy (non-hydrogen) atoms. The number of hydrogen-bond donors (Lipinski definition) is 0. The van der Waals surface area contributed by atoms with Gasteiger partial charge in [0.1, 0.15) is 11.6 Å². The summed E-state index contributed by atoms with van der Waals surface area (Å²) in [6.07, 6.45) is -0.00371. The Balaban J connectivity index is 1.87. The summed E-state index contributed by atoms with van der Waals surface area (Å²) in [5.74, 6) is -1.10. The van der Waals surface area contributed by atoms with Crippen LogP contribution in [0.4, 0.5) is 10.1 Å². The highest BCUT2D eigenvalue weighted by Gasteiger charge is 2.20. The van der Waals surface area contributed by atoms with Gasteiger partial charge in [0, 0.05) is 6.54 Å². The van der Waals surface area contributed by atoms with Crippen molar-refractivity contribution in [3.05, 3.63) is 59.4 Å². The number of ether oxygens (including phenoxy) is 2. The molecule has 7 heteroatoms. The summed E-state index contributed by atoms with van der Waals surface area (Å²) in [5, 5.41) is 8.78. The third kappa shape index (κ3) is 6.61. The van der Waals surface area contributed by atoms with E-state index in [0.717, 1.165) is 16.0 Å². The molecule has 0 unspecified atom stereocenters. The Morgan fingerprint density at radius 1 is 1.17 bits per heavy atom. The van der Waals surface area contributed by atoms with Gasteiger partial charge in [-0.15, -0.1) is 0 Å². The molecule has 0 aromatic heterocycles. The van der Waals surface area contributed by atoms with Gasteiger partial charge in [0.05, 0.1) is 31.2 Å². The van der Waals surface area contributed by atoms with Crippen LogP contribution in [0.5, 0.6) is 5.75 Å². The van der Waals surface area contributed by atoms with E-state index in [1.54, 1.807) is 6.07 Å². The summed E-state index contributed by atoms with van der Waals surface area (Å²) in [6.45, 7) is 3.43. The number of carbonyl (C=O) groups excluding carboxylic acids is 2. The first kappa shape index (κ1) is 21.9. The van der Waals surface area contributed by atoms with Crippen molar-refractivity contribution < 1.29 is 23.5 Å². The van der Waals surface area contributed by atoms with Crippen LogP contribution in [0, 0.1) is 31.0 Å². The van der Waals surface area contributed by atoms with E-state index in [9.17, 15) is 14.0 Å². The third-order valence-corrected chi connectivity index (χ3v) is 4.16. The van der Waals surface area contributed by atoms with E-state index in [4.69, 9.17) is 14.7 Å². The quantitative estimate of drug-likeness (QED) is 0.602. The van der Waals surface area contributed by atoms with Gasteiger partial charge in [0.15, 0.2) is 6.61 Å². The first-order chi connectivity index (χ1) is 13.9. The predicted octanol–water partition coefficient (Wildman–Crippen LogP) is 3.70. The molecular formula is C22H23FN2O4. The molecule has 0 fully saturated rings. The van der Waals surface area contributed by atoms with Crippen LogP contribution in [-0.4, -0.2) is 31.6 Å². The Morgan fingerprint density at radius 3 is 2.66 bits per heavy atom. The van der Waals surface area contributed by atoms with Gasteiger partial charge in [-0.1, -0.05) is 24.3 Å². The normalized spacial score (nSPS) is 10.1. The molecular weight excluding hydrogens is 375 g/mol. The zero-order chi connectivity index (χ0) is 21.2. The van der Waals surface area contributed by atoms with Crippen LogP contribution in [0.3, 0.4) is 0 Å². The molecule has 0 aliphatic heterocycles. The molecule has 1 amide bonds. The Labute approximate surface area is 169 Å². The van der Waals surface area contributed by atoms with Gasteiger partial charge in [-0.2, -0.15) is 5.26 Å². The van der Waals surface area contributed by atoms with Crippen LogP contribution in [0.1, 0.15) is 24.0 Å². The van der Waals surface area contributed by atoms with Crippen LogP contribution in [0.25, 0.3) is 0 Å². The van der Waals surface area contributed by atoms with Gasteiger partial charge in [0.25, 0.3) is 5.91 Å². The maximum atomic E-state index is 14.0. The fourth-order valence-electron chi connectivity index (χ4n) is 2.61. The third-order valence-electron chi connectivity index (χ3n) is 4.16. The van der Waals surface area contributed by atoms with Crippen LogP contribution in [-0.2, 0) is 14.3 Å². The smallest absolute Gasteiger partial charge is 0.309 e. The standard InChI is InChI=1S/C22H23FN2O4/c1-16-8-9-17(2)20(14-16)28-13-10-22(27)29-15-21(26)25(12-5-11-24)19-7-4-3-6-18(19)23/h3-4,6-9,14H,5,10,12-13,15H2,1-2H3. The molecule has 0 aliphatic carbocycles.